The molecule has 1 amide bonds. The monoisotopic (exact) mass is 394 g/mol. The summed E-state index contributed by atoms with van der Waals surface area (Å²) in [7, 11) is -3.86. The van der Waals surface area contributed by atoms with Crippen molar-refractivity contribution in [3.05, 3.63) is 53.6 Å². The maximum Gasteiger partial charge on any atom is 0.264 e. The third-order valence-corrected chi connectivity index (χ3v) is 6.02. The van der Waals surface area contributed by atoms with Crippen LogP contribution in [0.4, 0.5) is 5.69 Å². The summed E-state index contributed by atoms with van der Waals surface area (Å²) < 4.78 is 33.2. The lowest BCUT2D eigenvalue weighted by molar-refractivity contribution is -0.127. The molecule has 6 nitrogen and oxygen atoms in total. The zero-order chi connectivity index (χ0) is 18.7. The van der Waals surface area contributed by atoms with Crippen molar-refractivity contribution in [2.45, 2.75) is 24.3 Å². The number of hydrogen-bond acceptors (Lipinski definition) is 4. The molecule has 0 spiro atoms. The number of para-hydroxylation sites is 2. The number of nitrogens with one attached hydrogen (secondary N) is 1. The highest BCUT2D eigenvalue weighted by Gasteiger charge is 2.37. The second kappa shape index (κ2) is 7.55. The van der Waals surface area contributed by atoms with Crippen LogP contribution >= 0.6 is 11.6 Å². The second-order valence-electron chi connectivity index (χ2n) is 5.86. The van der Waals surface area contributed by atoms with E-state index in [4.69, 9.17) is 16.3 Å². The molecular weight excluding hydrogens is 376 g/mol. The van der Waals surface area contributed by atoms with Crippen LogP contribution in [0.2, 0.25) is 5.02 Å². The van der Waals surface area contributed by atoms with Crippen molar-refractivity contribution < 1.29 is 17.9 Å². The molecule has 1 atom stereocenters. The van der Waals surface area contributed by atoms with E-state index in [1.807, 2.05) is 6.92 Å². The average Bonchev–Trinajstić information content (AvgIpc) is 2.65. The van der Waals surface area contributed by atoms with Gasteiger partial charge in [0, 0.05) is 11.6 Å². The van der Waals surface area contributed by atoms with Gasteiger partial charge in [0.05, 0.1) is 17.1 Å². The Morgan fingerprint density at radius 2 is 1.92 bits per heavy atom. The fraction of sp³-hybridized carbons (Fsp3) is 0.278. The largest absolute Gasteiger partial charge is 0.476 e. The van der Waals surface area contributed by atoms with Crippen LogP contribution in [0.15, 0.2) is 53.4 Å². The molecule has 0 aromatic heterocycles. The van der Waals surface area contributed by atoms with Crippen LogP contribution in [0.5, 0.6) is 5.75 Å². The molecule has 26 heavy (non-hydrogen) atoms. The molecule has 0 aliphatic carbocycles. The molecule has 2 aromatic rings. The molecule has 0 unspecified atom stereocenters. The van der Waals surface area contributed by atoms with Crippen molar-refractivity contribution in [2.75, 3.05) is 17.4 Å². The summed E-state index contributed by atoms with van der Waals surface area (Å²) in [5.74, 6) is 0.0191. The summed E-state index contributed by atoms with van der Waals surface area (Å²) in [6.07, 6.45) is -0.138. The molecule has 1 aliphatic heterocycles. The molecule has 0 saturated carbocycles. The zero-order valence-electron chi connectivity index (χ0n) is 14.2. The lowest BCUT2D eigenvalue weighted by Crippen LogP contribution is -2.50. The van der Waals surface area contributed by atoms with E-state index in [0.717, 1.165) is 6.42 Å². The van der Waals surface area contributed by atoms with Gasteiger partial charge >= 0.3 is 0 Å². The van der Waals surface area contributed by atoms with E-state index >= 15 is 0 Å². The van der Waals surface area contributed by atoms with Crippen LogP contribution in [0.1, 0.15) is 13.3 Å². The third-order valence-electron chi connectivity index (χ3n) is 3.98. The Labute approximate surface area is 157 Å². The second-order valence-corrected chi connectivity index (χ2v) is 8.15. The molecule has 1 heterocycles. The highest BCUT2D eigenvalue weighted by Crippen LogP contribution is 2.36. The van der Waals surface area contributed by atoms with E-state index < -0.39 is 16.1 Å². The van der Waals surface area contributed by atoms with Gasteiger partial charge in [-0.05, 0) is 42.8 Å². The smallest absolute Gasteiger partial charge is 0.264 e. The molecule has 0 saturated heterocycles. The number of rotatable bonds is 5. The average molecular weight is 395 g/mol. The van der Waals surface area contributed by atoms with Gasteiger partial charge in [-0.1, -0.05) is 30.7 Å². The van der Waals surface area contributed by atoms with Gasteiger partial charge in [-0.3, -0.25) is 9.10 Å². The molecule has 1 N–H and O–H groups in total. The number of sulfonamides is 1. The van der Waals surface area contributed by atoms with E-state index in [1.54, 1.807) is 24.3 Å². The van der Waals surface area contributed by atoms with Crippen LogP contribution < -0.4 is 14.4 Å². The topological polar surface area (TPSA) is 75.7 Å². The molecule has 1 aliphatic rings. The van der Waals surface area contributed by atoms with Crippen LogP contribution in [0.25, 0.3) is 0 Å². The van der Waals surface area contributed by atoms with Crippen LogP contribution in [0, 0.1) is 0 Å². The standard InChI is InChI=1S/C18H19ClN2O4S/c1-2-11-20-18(22)17-12-21(15-5-3-4-6-16(15)25-17)26(23,24)14-9-7-13(19)8-10-14/h3-10,17H,2,11-12H2,1H3,(H,20,22)/t17-/m0/s1. The van der Waals surface area contributed by atoms with Crippen LogP contribution in [0.3, 0.4) is 0 Å². The molecular formula is C18H19ClN2O4S. The van der Waals surface area contributed by atoms with Crippen LogP contribution in [-0.4, -0.2) is 33.5 Å². The number of nitrogens with zero attached hydrogens (tertiary/aromatic N) is 1. The Kier molecular flexibility index (Phi) is 5.38. The van der Waals surface area contributed by atoms with Gasteiger partial charge in [0.1, 0.15) is 5.75 Å². The van der Waals surface area contributed by atoms with E-state index in [1.165, 1.54) is 28.6 Å². The molecule has 3 rings (SSSR count). The number of carbonyl (C=O) groups is 1. The van der Waals surface area contributed by atoms with E-state index in [9.17, 15) is 13.2 Å². The van der Waals surface area contributed by atoms with Gasteiger partial charge in [0.2, 0.25) is 0 Å². The number of benzene rings is 2. The number of amides is 1. The van der Waals surface area contributed by atoms with Gasteiger partial charge < -0.3 is 10.1 Å². The van der Waals surface area contributed by atoms with Crippen molar-refractivity contribution >= 4 is 33.2 Å². The first-order valence-corrected chi connectivity index (χ1v) is 10.1. The Bertz CT molecular complexity index is 900. The van der Waals surface area contributed by atoms with Crippen molar-refractivity contribution in [1.29, 1.82) is 0 Å². The van der Waals surface area contributed by atoms with Crippen molar-refractivity contribution in [1.82, 2.24) is 5.32 Å². The Morgan fingerprint density at radius 3 is 2.62 bits per heavy atom. The predicted octanol–water partition coefficient (Wildman–Crippen LogP) is 2.82. The summed E-state index contributed by atoms with van der Waals surface area (Å²) in [6.45, 7) is 2.34. The number of carbonyl (C=O) groups excluding carboxylic acids is 1. The van der Waals surface area contributed by atoms with Crippen molar-refractivity contribution in [3.63, 3.8) is 0 Å². The van der Waals surface area contributed by atoms with Gasteiger partial charge in [-0.25, -0.2) is 8.42 Å². The number of ether oxygens (including phenoxy) is 1. The van der Waals surface area contributed by atoms with E-state index in [2.05, 4.69) is 5.32 Å². The number of fused-ring (bicyclic) bond motifs is 1. The molecule has 2 aromatic carbocycles. The van der Waals surface area contributed by atoms with Gasteiger partial charge in [-0.2, -0.15) is 0 Å². The number of halogens is 1. The fourth-order valence-electron chi connectivity index (χ4n) is 2.66. The first-order chi connectivity index (χ1) is 12.4. The number of hydrogen-bond donors (Lipinski definition) is 1. The maximum absolute atomic E-state index is 13.1. The highest BCUT2D eigenvalue weighted by atomic mass is 35.5. The Morgan fingerprint density at radius 1 is 1.23 bits per heavy atom. The summed E-state index contributed by atoms with van der Waals surface area (Å²) >= 11 is 5.86. The Hall–Kier alpha value is -2.25. The SMILES string of the molecule is CCCNC(=O)[C@@H]1CN(S(=O)(=O)c2ccc(Cl)cc2)c2ccccc2O1. The van der Waals surface area contributed by atoms with Crippen LogP contribution in [-0.2, 0) is 14.8 Å². The van der Waals surface area contributed by atoms with Gasteiger partial charge in [0.15, 0.2) is 6.10 Å². The lowest BCUT2D eigenvalue weighted by Gasteiger charge is -2.34. The minimum Gasteiger partial charge on any atom is -0.476 e. The normalized spacial score (nSPS) is 16.5. The molecule has 8 heteroatoms. The van der Waals surface area contributed by atoms with Crippen molar-refractivity contribution in [3.8, 4) is 5.75 Å². The molecule has 0 radical (unpaired) electrons. The third kappa shape index (κ3) is 3.64. The predicted molar refractivity (Wildman–Crippen MR) is 100 cm³/mol. The fourth-order valence-corrected chi connectivity index (χ4v) is 4.26. The Balaban J connectivity index is 1.98. The van der Waals surface area contributed by atoms with Gasteiger partial charge in [0.25, 0.3) is 15.9 Å². The van der Waals surface area contributed by atoms with E-state index in [-0.39, 0.29) is 17.3 Å². The first-order valence-electron chi connectivity index (χ1n) is 8.25. The van der Waals surface area contributed by atoms with Crippen molar-refractivity contribution in [2.24, 2.45) is 0 Å². The minimum absolute atomic E-state index is 0.0997. The maximum atomic E-state index is 13.1. The molecule has 138 valence electrons. The molecule has 0 fully saturated rings. The summed E-state index contributed by atoms with van der Waals surface area (Å²) in [5, 5.41) is 3.20. The first kappa shape index (κ1) is 18.5. The summed E-state index contributed by atoms with van der Waals surface area (Å²) in [4.78, 5) is 12.4. The quantitative estimate of drug-likeness (QED) is 0.846. The minimum atomic E-state index is -3.86. The summed E-state index contributed by atoms with van der Waals surface area (Å²) in [6, 6.07) is 12.7. The highest BCUT2D eigenvalue weighted by molar-refractivity contribution is 7.92. The number of anilines is 1. The zero-order valence-corrected chi connectivity index (χ0v) is 15.8. The van der Waals surface area contributed by atoms with E-state index in [0.29, 0.717) is 23.0 Å². The summed E-state index contributed by atoms with van der Waals surface area (Å²) in [5.41, 5.74) is 0.405. The van der Waals surface area contributed by atoms with Gasteiger partial charge in [-0.15, -0.1) is 0 Å². The lowest BCUT2D eigenvalue weighted by atomic mass is 10.2. The molecule has 0 bridgehead atoms.